The first-order valence-corrected chi connectivity index (χ1v) is 6.32. The highest BCUT2D eigenvalue weighted by Gasteiger charge is 2.29. The normalized spacial score (nSPS) is 25.1. The zero-order chi connectivity index (χ0) is 13.7. The number of nitrogens with one attached hydrogen (secondary N) is 2. The molecule has 4 N–H and O–H groups in total. The number of carbonyl (C=O) groups excluding carboxylic acids is 1. The van der Waals surface area contributed by atoms with Crippen molar-refractivity contribution in [3.63, 3.8) is 0 Å². The molecule has 0 bridgehead atoms. The number of rotatable bonds is 6. The summed E-state index contributed by atoms with van der Waals surface area (Å²) in [6.45, 7) is 4.45. The van der Waals surface area contributed by atoms with Crippen LogP contribution in [-0.4, -0.2) is 47.3 Å². The van der Waals surface area contributed by atoms with Gasteiger partial charge in [-0.15, -0.1) is 0 Å². The minimum atomic E-state index is -0.886. The fourth-order valence-corrected chi connectivity index (χ4v) is 2.10. The number of hydrogen-bond acceptors (Lipinski definition) is 4. The molecule has 1 amide bonds. The third kappa shape index (κ3) is 4.62. The lowest BCUT2D eigenvalue weighted by Crippen LogP contribution is -2.43. The molecule has 0 aliphatic carbocycles. The Kier molecular flexibility index (Phi) is 5.55. The van der Waals surface area contributed by atoms with Gasteiger partial charge in [0.2, 0.25) is 5.91 Å². The summed E-state index contributed by atoms with van der Waals surface area (Å²) < 4.78 is 0. The van der Waals surface area contributed by atoms with Crippen LogP contribution in [0.4, 0.5) is 0 Å². The number of carboxylic acids is 1. The average Bonchev–Trinajstić information content (AvgIpc) is 2.69. The molecule has 1 saturated heterocycles. The highest BCUT2D eigenvalue weighted by Crippen LogP contribution is 2.12. The maximum Gasteiger partial charge on any atom is 0.308 e. The van der Waals surface area contributed by atoms with E-state index in [4.69, 9.17) is 5.11 Å². The minimum Gasteiger partial charge on any atom is -0.481 e. The second-order valence-electron chi connectivity index (χ2n) is 5.26. The molecule has 104 valence electrons. The largest absolute Gasteiger partial charge is 0.481 e. The van der Waals surface area contributed by atoms with Gasteiger partial charge >= 0.3 is 5.97 Å². The van der Waals surface area contributed by atoms with Crippen molar-refractivity contribution >= 4 is 11.9 Å². The summed E-state index contributed by atoms with van der Waals surface area (Å²) >= 11 is 0. The van der Waals surface area contributed by atoms with Gasteiger partial charge in [-0.05, 0) is 18.8 Å². The molecule has 6 heteroatoms. The van der Waals surface area contributed by atoms with Crippen LogP contribution in [0.1, 0.15) is 26.7 Å². The SMILES string of the molecule is CC(C)CC(CNC(=O)C1CC(O)CN1)C(=O)O. The van der Waals surface area contributed by atoms with E-state index in [1.54, 1.807) is 0 Å². The average molecular weight is 258 g/mol. The number of aliphatic carboxylic acids is 1. The number of amides is 1. The summed E-state index contributed by atoms with van der Waals surface area (Å²) in [5.74, 6) is -1.40. The van der Waals surface area contributed by atoms with Crippen LogP contribution in [0.2, 0.25) is 0 Å². The van der Waals surface area contributed by atoms with Crippen molar-refractivity contribution in [3.8, 4) is 0 Å². The molecule has 0 aromatic heterocycles. The van der Waals surface area contributed by atoms with Crippen LogP contribution in [0.3, 0.4) is 0 Å². The van der Waals surface area contributed by atoms with E-state index in [1.807, 2.05) is 13.8 Å². The van der Waals surface area contributed by atoms with Crippen molar-refractivity contribution in [2.24, 2.45) is 11.8 Å². The number of aliphatic hydroxyl groups excluding tert-OH is 1. The molecule has 3 unspecified atom stereocenters. The van der Waals surface area contributed by atoms with E-state index in [0.717, 1.165) is 0 Å². The summed E-state index contributed by atoms with van der Waals surface area (Å²) in [6, 6.07) is -0.409. The van der Waals surface area contributed by atoms with E-state index < -0.39 is 24.0 Å². The molecular weight excluding hydrogens is 236 g/mol. The first-order valence-electron chi connectivity index (χ1n) is 6.32. The maximum atomic E-state index is 11.7. The Hall–Kier alpha value is -1.14. The van der Waals surface area contributed by atoms with Gasteiger partial charge in [0.1, 0.15) is 0 Å². The summed E-state index contributed by atoms with van der Waals surface area (Å²) in [5, 5.41) is 23.9. The van der Waals surface area contributed by atoms with Crippen LogP contribution in [0, 0.1) is 11.8 Å². The number of hydrogen-bond donors (Lipinski definition) is 4. The summed E-state index contributed by atoms with van der Waals surface area (Å²) in [6.07, 6.45) is 0.427. The molecule has 6 nitrogen and oxygen atoms in total. The molecular formula is C12H22N2O4. The highest BCUT2D eigenvalue weighted by molar-refractivity contribution is 5.82. The molecule has 1 heterocycles. The van der Waals surface area contributed by atoms with Crippen molar-refractivity contribution in [1.29, 1.82) is 0 Å². The number of aliphatic hydroxyl groups is 1. The van der Waals surface area contributed by atoms with Crippen molar-refractivity contribution in [3.05, 3.63) is 0 Å². The summed E-state index contributed by atoms with van der Waals surface area (Å²) in [4.78, 5) is 22.7. The third-order valence-corrected chi connectivity index (χ3v) is 3.05. The van der Waals surface area contributed by atoms with Gasteiger partial charge < -0.3 is 20.8 Å². The predicted molar refractivity (Wildman–Crippen MR) is 66.0 cm³/mol. The molecule has 1 rings (SSSR count). The van der Waals surface area contributed by atoms with E-state index in [0.29, 0.717) is 19.4 Å². The molecule has 0 aromatic carbocycles. The maximum absolute atomic E-state index is 11.7. The van der Waals surface area contributed by atoms with Crippen molar-refractivity contribution in [2.45, 2.75) is 38.8 Å². The van der Waals surface area contributed by atoms with Gasteiger partial charge in [-0.2, -0.15) is 0 Å². The first kappa shape index (κ1) is 14.9. The molecule has 18 heavy (non-hydrogen) atoms. The monoisotopic (exact) mass is 258 g/mol. The Morgan fingerprint density at radius 1 is 1.44 bits per heavy atom. The first-order chi connectivity index (χ1) is 8.40. The van der Waals surface area contributed by atoms with Crippen LogP contribution >= 0.6 is 0 Å². The Bertz CT molecular complexity index is 306. The van der Waals surface area contributed by atoms with Gasteiger partial charge in [0.25, 0.3) is 0 Å². The van der Waals surface area contributed by atoms with Gasteiger partial charge in [0.05, 0.1) is 18.1 Å². The quantitative estimate of drug-likeness (QED) is 0.518. The Morgan fingerprint density at radius 3 is 2.56 bits per heavy atom. The Morgan fingerprint density at radius 2 is 2.11 bits per heavy atom. The number of β-amino-alcohol motifs (C(OH)–C–C–N with tert-alkyl or cyclic N) is 1. The second kappa shape index (κ2) is 6.70. The Labute approximate surface area is 107 Å². The Balaban J connectivity index is 2.37. The van der Waals surface area contributed by atoms with Crippen LogP contribution in [-0.2, 0) is 9.59 Å². The molecule has 0 saturated carbocycles. The lowest BCUT2D eigenvalue weighted by Gasteiger charge is -2.17. The second-order valence-corrected chi connectivity index (χ2v) is 5.26. The van der Waals surface area contributed by atoms with Crippen LogP contribution in [0.25, 0.3) is 0 Å². The highest BCUT2D eigenvalue weighted by atomic mass is 16.4. The van der Waals surface area contributed by atoms with E-state index >= 15 is 0 Å². The zero-order valence-electron chi connectivity index (χ0n) is 10.8. The number of carbonyl (C=O) groups is 2. The molecule has 1 aliphatic heterocycles. The third-order valence-electron chi connectivity index (χ3n) is 3.05. The lowest BCUT2D eigenvalue weighted by molar-refractivity contribution is -0.142. The smallest absolute Gasteiger partial charge is 0.308 e. The van der Waals surface area contributed by atoms with Crippen LogP contribution in [0.5, 0.6) is 0 Å². The fourth-order valence-electron chi connectivity index (χ4n) is 2.10. The molecule has 0 aromatic rings. The fraction of sp³-hybridized carbons (Fsp3) is 0.833. The van der Waals surface area contributed by atoms with Crippen molar-refractivity contribution < 1.29 is 19.8 Å². The van der Waals surface area contributed by atoms with Crippen molar-refractivity contribution in [1.82, 2.24) is 10.6 Å². The molecule has 0 spiro atoms. The minimum absolute atomic E-state index is 0.140. The van der Waals surface area contributed by atoms with E-state index in [2.05, 4.69) is 10.6 Å². The van der Waals surface area contributed by atoms with E-state index in [-0.39, 0.29) is 18.4 Å². The number of carboxylic acid groups (broad SMARTS) is 1. The van der Waals surface area contributed by atoms with Gasteiger partial charge in [0, 0.05) is 13.1 Å². The van der Waals surface area contributed by atoms with E-state index in [1.165, 1.54) is 0 Å². The van der Waals surface area contributed by atoms with E-state index in [9.17, 15) is 14.7 Å². The lowest BCUT2D eigenvalue weighted by atomic mass is 9.97. The predicted octanol–water partition coefficient (Wildman–Crippen LogP) is -0.428. The standard InChI is InChI=1S/C12H22N2O4/c1-7(2)3-8(12(17)18)5-14-11(16)10-4-9(15)6-13-10/h7-10,13,15H,3-6H2,1-2H3,(H,14,16)(H,17,18). The van der Waals surface area contributed by atoms with Crippen LogP contribution < -0.4 is 10.6 Å². The van der Waals surface area contributed by atoms with Gasteiger partial charge in [-0.25, -0.2) is 0 Å². The summed E-state index contributed by atoms with van der Waals surface area (Å²) in [7, 11) is 0. The van der Waals surface area contributed by atoms with Gasteiger partial charge in [-0.3, -0.25) is 9.59 Å². The van der Waals surface area contributed by atoms with Gasteiger partial charge in [-0.1, -0.05) is 13.8 Å². The van der Waals surface area contributed by atoms with Gasteiger partial charge in [0.15, 0.2) is 0 Å². The van der Waals surface area contributed by atoms with Crippen molar-refractivity contribution in [2.75, 3.05) is 13.1 Å². The molecule has 1 fully saturated rings. The summed E-state index contributed by atoms with van der Waals surface area (Å²) in [5.41, 5.74) is 0. The van der Waals surface area contributed by atoms with Crippen LogP contribution in [0.15, 0.2) is 0 Å². The molecule has 1 aliphatic rings. The molecule has 0 radical (unpaired) electrons. The zero-order valence-corrected chi connectivity index (χ0v) is 10.8. The topological polar surface area (TPSA) is 98.7 Å². The molecule has 3 atom stereocenters.